The minimum Gasteiger partial charge on any atom is -0.459 e. The van der Waals surface area contributed by atoms with Gasteiger partial charge in [0.1, 0.15) is 46.6 Å². The normalized spacial score (nSPS) is 11.8. The van der Waals surface area contributed by atoms with Crippen LogP contribution in [0, 0.1) is 51.7 Å². The smallest absolute Gasteiger partial charge is 0.459 e. The lowest BCUT2D eigenvalue weighted by Crippen LogP contribution is -2.29. The van der Waals surface area contributed by atoms with Crippen LogP contribution in [0.15, 0.2) is 121 Å². The van der Waals surface area contributed by atoms with Crippen LogP contribution in [0.2, 0.25) is 0 Å². The van der Waals surface area contributed by atoms with Gasteiger partial charge in [0.2, 0.25) is 5.91 Å². The van der Waals surface area contributed by atoms with Crippen molar-refractivity contribution >= 4 is 29.3 Å². The van der Waals surface area contributed by atoms with Crippen molar-refractivity contribution in [2.24, 2.45) is 19.8 Å². The minimum atomic E-state index is -5.07. The van der Waals surface area contributed by atoms with Crippen LogP contribution in [0.1, 0.15) is 54.8 Å². The second-order valence-electron chi connectivity index (χ2n) is 16.9. The fraction of sp³-hybridized carbons (Fsp3) is 0.255. The van der Waals surface area contributed by atoms with Crippen molar-refractivity contribution in [3.63, 3.8) is 0 Å². The number of nitrogen functional groups attached to an aromatic ring is 1. The molecule has 0 aliphatic heterocycles. The van der Waals surface area contributed by atoms with Gasteiger partial charge >= 0.3 is 30.7 Å². The van der Waals surface area contributed by atoms with E-state index in [1.54, 1.807) is 12.1 Å². The molecule has 7 aromatic rings. The number of benzene rings is 5. The summed E-state index contributed by atoms with van der Waals surface area (Å²) in [4.78, 5) is 33.0. The third-order valence-corrected chi connectivity index (χ3v) is 10.6. The second-order valence-corrected chi connectivity index (χ2v) is 16.9. The number of nitriles is 2. The SMILES string of the molecule is C.CCOC(=O)C(F)(F)F.Cn1nc(C(F)(F)F)c(-c2ccc(F)cc2)c1N.Cn1nc(C(F)(F)F)c(-c2ccc(F)cc2)c1NC(=O)C[C@H](N)Cc1ccc(F)cc1.N#CC(C(=O)C(F)(F)F)c1ccc(F)cc1.N#CCc1ccc(F)cc1. The molecule has 2 aromatic heterocycles. The fourth-order valence-corrected chi connectivity index (χ4v) is 6.82. The third kappa shape index (κ3) is 22.4. The molecule has 2 atom stereocenters. The summed E-state index contributed by atoms with van der Waals surface area (Å²) in [5, 5.41) is 26.1. The highest BCUT2D eigenvalue weighted by molar-refractivity contribution is 5.95. The zero-order chi connectivity index (χ0) is 63.5. The molecular formula is C55H48F17N9O4. The summed E-state index contributed by atoms with van der Waals surface area (Å²) in [5.74, 6) is -9.61. The summed E-state index contributed by atoms with van der Waals surface area (Å²) < 4.78 is 218. The van der Waals surface area contributed by atoms with Gasteiger partial charge in [-0.05, 0) is 102 Å². The Labute approximate surface area is 472 Å². The number of ketones is 1. The van der Waals surface area contributed by atoms with E-state index in [4.69, 9.17) is 22.0 Å². The Morgan fingerprint density at radius 3 is 1.36 bits per heavy atom. The summed E-state index contributed by atoms with van der Waals surface area (Å²) in [7, 11) is 2.58. The lowest BCUT2D eigenvalue weighted by atomic mass is 9.96. The molecule has 0 saturated heterocycles. The number of nitrogens with two attached hydrogens (primary N) is 2. The molecule has 7 rings (SSSR count). The maximum absolute atomic E-state index is 13.5. The molecule has 0 spiro atoms. The maximum Gasteiger partial charge on any atom is 0.490 e. The maximum atomic E-state index is 13.5. The molecule has 0 radical (unpaired) electrons. The van der Waals surface area contributed by atoms with Crippen molar-refractivity contribution in [2.45, 2.75) is 70.3 Å². The Kier molecular flexibility index (Phi) is 26.5. The molecule has 30 heteroatoms. The molecule has 0 aliphatic rings. The summed E-state index contributed by atoms with van der Waals surface area (Å²) in [5.41, 5.74) is 10.3. The van der Waals surface area contributed by atoms with Gasteiger partial charge in [-0.3, -0.25) is 19.0 Å². The number of nitrogens with zero attached hydrogens (tertiary/aromatic N) is 6. The van der Waals surface area contributed by atoms with Gasteiger partial charge in [-0.15, -0.1) is 0 Å². The van der Waals surface area contributed by atoms with Crippen LogP contribution >= 0.6 is 0 Å². The van der Waals surface area contributed by atoms with Crippen molar-refractivity contribution in [3.05, 3.63) is 178 Å². The molecule has 5 N–H and O–H groups in total. The second kappa shape index (κ2) is 31.4. The van der Waals surface area contributed by atoms with E-state index in [1.165, 1.54) is 87.8 Å². The van der Waals surface area contributed by atoms with Crippen molar-refractivity contribution in [1.82, 2.24) is 19.6 Å². The first kappa shape index (κ1) is 71.8. The number of hydrogen-bond acceptors (Lipinski definition) is 10. The average molecular weight is 1220 g/mol. The van der Waals surface area contributed by atoms with E-state index in [0.29, 0.717) is 12.0 Å². The number of aromatic nitrogens is 4. The minimum absolute atomic E-state index is 0. The molecule has 2 heterocycles. The number of anilines is 2. The number of halogens is 17. The zero-order valence-electron chi connectivity index (χ0n) is 43.4. The van der Waals surface area contributed by atoms with Crippen molar-refractivity contribution < 1.29 is 93.8 Å². The van der Waals surface area contributed by atoms with Gasteiger partial charge in [0.05, 0.1) is 36.3 Å². The third-order valence-electron chi connectivity index (χ3n) is 10.6. The lowest BCUT2D eigenvalue weighted by molar-refractivity contribution is -0.199. The highest BCUT2D eigenvalue weighted by Crippen LogP contribution is 2.42. The molecule has 0 saturated carbocycles. The van der Waals surface area contributed by atoms with Gasteiger partial charge in [-0.25, -0.2) is 26.7 Å². The predicted molar refractivity (Wildman–Crippen MR) is 274 cm³/mol. The first-order chi connectivity index (χ1) is 39.0. The van der Waals surface area contributed by atoms with Crippen LogP contribution in [-0.4, -0.2) is 62.2 Å². The lowest BCUT2D eigenvalue weighted by Gasteiger charge is -2.14. The topological polar surface area (TPSA) is 208 Å². The van der Waals surface area contributed by atoms with Crippen LogP contribution in [0.25, 0.3) is 22.3 Å². The number of esters is 1. The molecule has 0 aliphatic carbocycles. The number of alkyl halides is 12. The molecule has 1 amide bonds. The Hall–Kier alpha value is -9.32. The quantitative estimate of drug-likeness (QED) is 0.0824. The largest absolute Gasteiger partial charge is 0.490 e. The van der Waals surface area contributed by atoms with Crippen LogP contribution in [0.4, 0.5) is 86.3 Å². The van der Waals surface area contributed by atoms with E-state index in [0.717, 1.165) is 63.5 Å². The Balaban J connectivity index is 0.000000391. The Morgan fingerprint density at radius 2 is 0.988 bits per heavy atom. The number of nitrogens with one attached hydrogen (secondary N) is 1. The average Bonchev–Trinajstić information content (AvgIpc) is 2.67. The number of rotatable bonds is 11. The van der Waals surface area contributed by atoms with Gasteiger partial charge in [0, 0.05) is 26.6 Å². The Morgan fingerprint density at radius 1 is 0.600 bits per heavy atom. The van der Waals surface area contributed by atoms with Gasteiger partial charge in [-0.2, -0.15) is 73.4 Å². The summed E-state index contributed by atoms with van der Waals surface area (Å²) in [6, 6.07) is 26.9. The first-order valence-electron chi connectivity index (χ1n) is 23.5. The van der Waals surface area contributed by atoms with Crippen molar-refractivity contribution in [2.75, 3.05) is 17.7 Å². The van der Waals surface area contributed by atoms with Gasteiger partial charge < -0.3 is 21.5 Å². The zero-order valence-corrected chi connectivity index (χ0v) is 43.4. The molecule has 1 unspecified atom stereocenters. The number of ether oxygens (including phenoxy) is 1. The number of aryl methyl sites for hydroxylation is 2. The van der Waals surface area contributed by atoms with Crippen LogP contribution in [0.3, 0.4) is 0 Å². The van der Waals surface area contributed by atoms with E-state index in [2.05, 4.69) is 20.3 Å². The van der Waals surface area contributed by atoms with Gasteiger partial charge in [-0.1, -0.05) is 68.1 Å². The highest BCUT2D eigenvalue weighted by Gasteiger charge is 2.45. The van der Waals surface area contributed by atoms with E-state index in [1.807, 2.05) is 6.07 Å². The van der Waals surface area contributed by atoms with Gasteiger partial charge in [0.15, 0.2) is 11.4 Å². The number of carbonyl (C=O) groups excluding carboxylic acids is 3. The Bertz CT molecular complexity index is 3370. The molecular weight excluding hydrogens is 1170 g/mol. The van der Waals surface area contributed by atoms with E-state index < -0.39 is 89.0 Å². The van der Waals surface area contributed by atoms with E-state index in [-0.39, 0.29) is 72.1 Å². The van der Waals surface area contributed by atoms with Gasteiger partial charge in [0.25, 0.3) is 5.78 Å². The molecule has 85 heavy (non-hydrogen) atoms. The molecule has 13 nitrogen and oxygen atoms in total. The number of amides is 1. The molecule has 5 aromatic carbocycles. The van der Waals surface area contributed by atoms with Crippen LogP contribution in [0.5, 0.6) is 0 Å². The number of hydrogen-bond donors (Lipinski definition) is 3. The highest BCUT2D eigenvalue weighted by atomic mass is 19.4. The first-order valence-corrected chi connectivity index (χ1v) is 23.5. The number of carbonyl (C=O) groups is 3. The molecule has 0 fully saturated rings. The standard InChI is InChI=1S/C21H19F5N4O.C11H9F4N3.C10H5F4NO.C8H6FN.C4H5F3O2.CH4/c1-30-20(28-17(31)11-16(27)10-12-2-6-14(22)7-3-12)18(19(29-30)21(24,25)26)13-4-8-15(23)9-5-13;1-18-10(16)8(9(17-18)11(13,14)15)6-2-4-7(12)5-3-6;11-7-3-1-6(2-4-7)8(5-15)9(16)10(12,13)14;9-8-3-1-7(2-4-8)5-6-10;1-2-9-3(8)4(5,6)7;/h2-9,16H,10-11,27H2,1H3,(H,28,31);2-5H,16H2,1H3;1-4,8H;1-4H,5H2;2H2,1H3;1H4/t16-;;;;;/m1...../s1. The van der Waals surface area contributed by atoms with Crippen LogP contribution < -0.4 is 16.8 Å². The summed E-state index contributed by atoms with van der Waals surface area (Å²) in [6.07, 6.45) is -18.9. The molecule has 456 valence electrons. The monoisotopic (exact) mass is 1220 g/mol. The summed E-state index contributed by atoms with van der Waals surface area (Å²) in [6.45, 7) is 1.06. The van der Waals surface area contributed by atoms with Crippen molar-refractivity contribution in [3.8, 4) is 34.4 Å². The van der Waals surface area contributed by atoms with Crippen LogP contribution in [-0.2, 0) is 58.4 Å². The molecule has 0 bridgehead atoms. The number of Topliss-reactive ketones (excluding diaryl/α,β-unsaturated/α-hetero) is 1. The van der Waals surface area contributed by atoms with E-state index in [9.17, 15) is 89.0 Å². The fourth-order valence-electron chi connectivity index (χ4n) is 6.82. The van der Waals surface area contributed by atoms with E-state index >= 15 is 0 Å². The predicted octanol–water partition coefficient (Wildman–Crippen LogP) is 13.3. The summed E-state index contributed by atoms with van der Waals surface area (Å²) >= 11 is 0. The van der Waals surface area contributed by atoms with Crippen molar-refractivity contribution in [1.29, 1.82) is 10.5 Å².